The smallest absolute Gasteiger partial charge is 0.356 e. The number of carbonyl (C=O) groups is 1. The number of benzene rings is 1. The third-order valence-corrected chi connectivity index (χ3v) is 4.32. The number of rotatable bonds is 6. The zero-order valence-electron chi connectivity index (χ0n) is 13.1. The summed E-state index contributed by atoms with van der Waals surface area (Å²) in [6.45, 7) is 0.426. The van der Waals surface area contributed by atoms with Crippen LogP contribution in [0.15, 0.2) is 29.6 Å². The summed E-state index contributed by atoms with van der Waals surface area (Å²) < 4.78 is 11.0. The standard InChI is InChI=1S/C16H15N3O4S/c1-22-11-4-3-9(7-12(11)23-2)8-17-16-18-10-5-6-24-14(10)13(19-16)15(20)21/h3-7H,8H2,1-2H3,(H,20,21)(H,17,18,19). The maximum absolute atomic E-state index is 11.4. The number of hydrogen-bond donors (Lipinski definition) is 2. The Morgan fingerprint density at radius 1 is 1.21 bits per heavy atom. The van der Waals surface area contributed by atoms with Gasteiger partial charge in [0.2, 0.25) is 5.95 Å². The Kier molecular flexibility index (Phi) is 4.48. The van der Waals surface area contributed by atoms with E-state index in [1.54, 1.807) is 31.7 Å². The average Bonchev–Trinajstić information content (AvgIpc) is 3.07. The first kappa shape index (κ1) is 16.0. The number of thiophene rings is 1. The molecule has 0 aliphatic heterocycles. The maximum Gasteiger partial charge on any atom is 0.356 e. The van der Waals surface area contributed by atoms with E-state index in [2.05, 4.69) is 15.3 Å². The average molecular weight is 345 g/mol. The Hall–Kier alpha value is -2.87. The van der Waals surface area contributed by atoms with Crippen molar-refractivity contribution in [1.29, 1.82) is 0 Å². The van der Waals surface area contributed by atoms with Crippen LogP contribution < -0.4 is 14.8 Å². The van der Waals surface area contributed by atoms with Crippen molar-refractivity contribution in [2.75, 3.05) is 19.5 Å². The van der Waals surface area contributed by atoms with Crippen LogP contribution in [0.3, 0.4) is 0 Å². The lowest BCUT2D eigenvalue weighted by atomic mass is 10.2. The molecule has 1 aromatic carbocycles. The van der Waals surface area contributed by atoms with Crippen molar-refractivity contribution in [3.05, 3.63) is 40.9 Å². The summed E-state index contributed by atoms with van der Waals surface area (Å²) in [5.74, 6) is 0.467. The van der Waals surface area contributed by atoms with Gasteiger partial charge < -0.3 is 19.9 Å². The van der Waals surface area contributed by atoms with Gasteiger partial charge in [0.15, 0.2) is 17.2 Å². The van der Waals surface area contributed by atoms with Gasteiger partial charge in [0.05, 0.1) is 24.4 Å². The largest absolute Gasteiger partial charge is 0.493 e. The molecular formula is C16H15N3O4S. The van der Waals surface area contributed by atoms with Crippen molar-refractivity contribution < 1.29 is 19.4 Å². The molecule has 3 aromatic rings. The van der Waals surface area contributed by atoms with Crippen molar-refractivity contribution in [1.82, 2.24) is 9.97 Å². The molecule has 0 aliphatic carbocycles. The van der Waals surface area contributed by atoms with Gasteiger partial charge in [-0.3, -0.25) is 0 Å². The predicted octanol–water partition coefficient (Wildman–Crippen LogP) is 3.02. The predicted molar refractivity (Wildman–Crippen MR) is 91.2 cm³/mol. The fourth-order valence-corrected chi connectivity index (χ4v) is 3.07. The van der Waals surface area contributed by atoms with Crippen LogP contribution in [-0.4, -0.2) is 35.3 Å². The quantitative estimate of drug-likeness (QED) is 0.709. The second-order valence-corrected chi connectivity index (χ2v) is 5.79. The number of nitrogens with one attached hydrogen (secondary N) is 1. The summed E-state index contributed by atoms with van der Waals surface area (Å²) in [7, 11) is 3.15. The minimum atomic E-state index is -1.07. The molecule has 0 radical (unpaired) electrons. The van der Waals surface area contributed by atoms with E-state index < -0.39 is 5.97 Å². The van der Waals surface area contributed by atoms with E-state index in [0.29, 0.717) is 28.3 Å². The third kappa shape index (κ3) is 3.09. The second-order valence-electron chi connectivity index (χ2n) is 4.88. The highest BCUT2D eigenvalue weighted by atomic mass is 32.1. The lowest BCUT2D eigenvalue weighted by Crippen LogP contribution is -2.08. The van der Waals surface area contributed by atoms with Crippen molar-refractivity contribution in [2.45, 2.75) is 6.54 Å². The molecule has 3 rings (SSSR count). The number of methoxy groups -OCH3 is 2. The van der Waals surface area contributed by atoms with Gasteiger partial charge in [-0.25, -0.2) is 14.8 Å². The molecule has 2 N–H and O–H groups in total. The zero-order valence-corrected chi connectivity index (χ0v) is 13.9. The number of fused-ring (bicyclic) bond motifs is 1. The van der Waals surface area contributed by atoms with E-state index in [0.717, 1.165) is 5.56 Å². The van der Waals surface area contributed by atoms with E-state index in [1.165, 1.54) is 11.3 Å². The van der Waals surface area contributed by atoms with Gasteiger partial charge in [0.1, 0.15) is 0 Å². The van der Waals surface area contributed by atoms with Crippen molar-refractivity contribution in [3.8, 4) is 11.5 Å². The molecule has 0 fully saturated rings. The van der Waals surface area contributed by atoms with Crippen LogP contribution in [0, 0.1) is 0 Å². The van der Waals surface area contributed by atoms with Gasteiger partial charge in [0.25, 0.3) is 0 Å². The topological polar surface area (TPSA) is 93.6 Å². The van der Waals surface area contributed by atoms with E-state index in [4.69, 9.17) is 9.47 Å². The van der Waals surface area contributed by atoms with Crippen molar-refractivity contribution in [2.24, 2.45) is 0 Å². The molecule has 0 saturated carbocycles. The number of carboxylic acids is 1. The summed E-state index contributed by atoms with van der Waals surface area (Å²) in [5.41, 5.74) is 1.55. The molecular weight excluding hydrogens is 330 g/mol. The van der Waals surface area contributed by atoms with Crippen LogP contribution in [-0.2, 0) is 6.54 Å². The molecule has 0 unspecified atom stereocenters. The molecule has 24 heavy (non-hydrogen) atoms. The second kappa shape index (κ2) is 6.71. The highest BCUT2D eigenvalue weighted by Crippen LogP contribution is 2.28. The summed E-state index contributed by atoms with van der Waals surface area (Å²) in [6.07, 6.45) is 0. The van der Waals surface area contributed by atoms with Crippen LogP contribution in [0.2, 0.25) is 0 Å². The first-order chi connectivity index (χ1) is 11.6. The van der Waals surface area contributed by atoms with Crippen molar-refractivity contribution >= 4 is 33.5 Å². The number of aromatic nitrogens is 2. The molecule has 0 spiro atoms. The number of anilines is 1. The van der Waals surface area contributed by atoms with E-state index in [9.17, 15) is 9.90 Å². The van der Waals surface area contributed by atoms with E-state index in [1.807, 2.05) is 12.1 Å². The minimum absolute atomic E-state index is 0.00446. The molecule has 2 aromatic heterocycles. The molecule has 8 heteroatoms. The zero-order chi connectivity index (χ0) is 17.1. The molecule has 124 valence electrons. The third-order valence-electron chi connectivity index (χ3n) is 3.40. The Labute approximate surface area is 141 Å². The summed E-state index contributed by atoms with van der Waals surface area (Å²) in [6, 6.07) is 7.31. The molecule has 0 atom stereocenters. The molecule has 7 nitrogen and oxygen atoms in total. The Morgan fingerprint density at radius 2 is 2.00 bits per heavy atom. The minimum Gasteiger partial charge on any atom is -0.493 e. The summed E-state index contributed by atoms with van der Waals surface area (Å²) in [5, 5.41) is 14.1. The SMILES string of the molecule is COc1ccc(CNc2nc(C(=O)O)c3sccc3n2)cc1OC. The van der Waals surface area contributed by atoms with Gasteiger partial charge in [0, 0.05) is 6.54 Å². The van der Waals surface area contributed by atoms with Crippen molar-refractivity contribution in [3.63, 3.8) is 0 Å². The molecule has 0 saturated heterocycles. The van der Waals surface area contributed by atoms with Gasteiger partial charge in [-0.2, -0.15) is 0 Å². The normalized spacial score (nSPS) is 10.6. The molecule has 0 aliphatic rings. The molecule has 0 bridgehead atoms. The van der Waals surface area contributed by atoms with Crippen LogP contribution in [0.5, 0.6) is 11.5 Å². The van der Waals surface area contributed by atoms with Crippen LogP contribution >= 0.6 is 11.3 Å². The number of nitrogens with zero attached hydrogens (tertiary/aromatic N) is 2. The summed E-state index contributed by atoms with van der Waals surface area (Å²) in [4.78, 5) is 19.8. The lowest BCUT2D eigenvalue weighted by Gasteiger charge is -2.10. The first-order valence-electron chi connectivity index (χ1n) is 7.05. The Balaban J connectivity index is 1.84. The Morgan fingerprint density at radius 3 is 2.71 bits per heavy atom. The number of hydrogen-bond acceptors (Lipinski definition) is 7. The van der Waals surface area contributed by atoms with Gasteiger partial charge in [-0.1, -0.05) is 6.07 Å². The molecule has 0 amide bonds. The number of carboxylic acid groups (broad SMARTS) is 1. The highest BCUT2D eigenvalue weighted by molar-refractivity contribution is 7.17. The number of ether oxygens (including phenoxy) is 2. The monoisotopic (exact) mass is 345 g/mol. The van der Waals surface area contributed by atoms with Crippen LogP contribution in [0.4, 0.5) is 5.95 Å². The fourth-order valence-electron chi connectivity index (χ4n) is 2.26. The number of aromatic carboxylic acids is 1. The Bertz CT molecular complexity index is 894. The highest BCUT2D eigenvalue weighted by Gasteiger charge is 2.15. The maximum atomic E-state index is 11.4. The van der Waals surface area contributed by atoms with Crippen LogP contribution in [0.25, 0.3) is 10.2 Å². The molecule has 2 heterocycles. The van der Waals surface area contributed by atoms with E-state index >= 15 is 0 Å². The van der Waals surface area contributed by atoms with Gasteiger partial charge in [-0.15, -0.1) is 11.3 Å². The first-order valence-corrected chi connectivity index (χ1v) is 7.93. The lowest BCUT2D eigenvalue weighted by molar-refractivity contribution is 0.0693. The fraction of sp³-hybridized carbons (Fsp3) is 0.188. The summed E-state index contributed by atoms with van der Waals surface area (Å²) >= 11 is 1.31. The van der Waals surface area contributed by atoms with Crippen LogP contribution in [0.1, 0.15) is 16.1 Å². The van der Waals surface area contributed by atoms with Gasteiger partial charge >= 0.3 is 5.97 Å². The van der Waals surface area contributed by atoms with E-state index in [-0.39, 0.29) is 11.6 Å². The van der Waals surface area contributed by atoms with Gasteiger partial charge in [-0.05, 0) is 29.1 Å².